The van der Waals surface area contributed by atoms with Crippen LogP contribution in [0.1, 0.15) is 59.8 Å². The molecular weight excluding hydrogens is 284 g/mol. The van der Waals surface area contributed by atoms with Crippen molar-refractivity contribution in [2.45, 2.75) is 65.8 Å². The Labute approximate surface area is 131 Å². The maximum Gasteiger partial charge on any atom is 0.211 e. The zero-order valence-corrected chi connectivity index (χ0v) is 15.2. The summed E-state index contributed by atoms with van der Waals surface area (Å²) in [5.74, 6) is 1.04. The first-order valence-electron chi connectivity index (χ1n) is 8.18. The van der Waals surface area contributed by atoms with Crippen LogP contribution in [0.4, 0.5) is 0 Å². The van der Waals surface area contributed by atoms with Crippen LogP contribution in [0.5, 0.6) is 0 Å². The van der Waals surface area contributed by atoms with Gasteiger partial charge in [-0.3, -0.25) is 0 Å². The molecule has 0 amide bonds. The Morgan fingerprint density at radius 1 is 1.33 bits per heavy atom. The first-order valence-corrected chi connectivity index (χ1v) is 10.0. The average Bonchev–Trinajstić information content (AvgIpc) is 2.24. The number of nitrogens with two attached hydrogens (primary N) is 1. The van der Waals surface area contributed by atoms with Crippen LogP contribution < -0.4 is 5.73 Å². The van der Waals surface area contributed by atoms with Gasteiger partial charge in [-0.05, 0) is 49.4 Å². The second-order valence-electron chi connectivity index (χ2n) is 8.23. The molecule has 1 heterocycles. The van der Waals surface area contributed by atoms with Gasteiger partial charge in [0, 0.05) is 19.1 Å². The summed E-state index contributed by atoms with van der Waals surface area (Å²) in [5, 5.41) is 0. The molecule has 0 aromatic carbocycles. The maximum absolute atomic E-state index is 11.6. The van der Waals surface area contributed by atoms with E-state index in [0.717, 1.165) is 25.7 Å². The molecule has 3 atom stereocenters. The fourth-order valence-corrected chi connectivity index (χ4v) is 4.63. The lowest BCUT2D eigenvalue weighted by molar-refractivity contribution is 0.228. The van der Waals surface area contributed by atoms with Crippen molar-refractivity contribution in [2.24, 2.45) is 23.0 Å². The molecule has 1 aliphatic heterocycles. The highest BCUT2D eigenvalue weighted by atomic mass is 32.2. The van der Waals surface area contributed by atoms with E-state index in [9.17, 15) is 8.42 Å². The fourth-order valence-electron chi connectivity index (χ4n) is 3.69. The summed E-state index contributed by atoms with van der Waals surface area (Å²) in [7, 11) is -3.05. The van der Waals surface area contributed by atoms with Gasteiger partial charge in [-0.2, -0.15) is 0 Å². The second-order valence-corrected chi connectivity index (χ2v) is 10.2. The minimum Gasteiger partial charge on any atom is -0.328 e. The highest BCUT2D eigenvalue weighted by Gasteiger charge is 2.27. The number of sulfonamides is 1. The molecular formula is C16H34N2O2S. The summed E-state index contributed by atoms with van der Waals surface area (Å²) in [6.45, 7) is 10.4. The fraction of sp³-hybridized carbons (Fsp3) is 1.00. The lowest BCUT2D eigenvalue weighted by Gasteiger charge is -2.33. The lowest BCUT2D eigenvalue weighted by Crippen LogP contribution is -2.41. The molecule has 0 aromatic rings. The maximum atomic E-state index is 11.6. The smallest absolute Gasteiger partial charge is 0.211 e. The van der Waals surface area contributed by atoms with Gasteiger partial charge in [0.15, 0.2) is 0 Å². The Morgan fingerprint density at radius 2 is 1.95 bits per heavy atom. The second kappa shape index (κ2) is 7.42. The molecule has 1 aliphatic rings. The Balaban J connectivity index is 2.42. The minimum absolute atomic E-state index is 0.187. The van der Waals surface area contributed by atoms with Gasteiger partial charge in [0.2, 0.25) is 10.0 Å². The van der Waals surface area contributed by atoms with Gasteiger partial charge in [-0.15, -0.1) is 0 Å². The van der Waals surface area contributed by atoms with E-state index in [2.05, 4.69) is 27.7 Å². The SMILES string of the molecule is CC(CC(N)CC1CCCN(S(C)(=O)=O)C1)CC(C)(C)C. The molecule has 1 saturated heterocycles. The van der Waals surface area contributed by atoms with Crippen LogP contribution in [0.25, 0.3) is 0 Å². The molecule has 0 saturated carbocycles. The molecule has 0 aromatic heterocycles. The zero-order valence-electron chi connectivity index (χ0n) is 14.4. The van der Waals surface area contributed by atoms with E-state index in [1.807, 2.05) is 0 Å². The van der Waals surface area contributed by atoms with Crippen LogP contribution in [-0.4, -0.2) is 38.1 Å². The van der Waals surface area contributed by atoms with Gasteiger partial charge in [0.25, 0.3) is 0 Å². The Hall–Kier alpha value is -0.130. The predicted molar refractivity (Wildman–Crippen MR) is 89.6 cm³/mol. The Kier molecular flexibility index (Phi) is 6.69. The van der Waals surface area contributed by atoms with Crippen LogP contribution in [0.15, 0.2) is 0 Å². The van der Waals surface area contributed by atoms with Crippen molar-refractivity contribution in [3.63, 3.8) is 0 Å². The molecule has 5 heteroatoms. The molecule has 21 heavy (non-hydrogen) atoms. The molecule has 1 fully saturated rings. The van der Waals surface area contributed by atoms with E-state index >= 15 is 0 Å². The quantitative estimate of drug-likeness (QED) is 0.819. The predicted octanol–water partition coefficient (Wildman–Crippen LogP) is 2.84. The van der Waals surface area contributed by atoms with E-state index in [1.165, 1.54) is 12.7 Å². The van der Waals surface area contributed by atoms with E-state index in [-0.39, 0.29) is 6.04 Å². The normalized spacial score (nSPS) is 24.8. The molecule has 0 spiro atoms. The van der Waals surface area contributed by atoms with Gasteiger partial charge in [-0.1, -0.05) is 27.7 Å². The summed E-state index contributed by atoms with van der Waals surface area (Å²) >= 11 is 0. The molecule has 0 radical (unpaired) electrons. The number of hydrogen-bond donors (Lipinski definition) is 1. The van der Waals surface area contributed by atoms with Crippen LogP contribution in [-0.2, 0) is 10.0 Å². The van der Waals surface area contributed by atoms with Crippen molar-refractivity contribution in [1.82, 2.24) is 4.31 Å². The topological polar surface area (TPSA) is 63.4 Å². The summed E-state index contributed by atoms with van der Waals surface area (Å²) in [5.41, 5.74) is 6.66. The van der Waals surface area contributed by atoms with E-state index in [0.29, 0.717) is 30.3 Å². The molecule has 3 unspecified atom stereocenters. The molecule has 2 N–H and O–H groups in total. The molecule has 0 bridgehead atoms. The van der Waals surface area contributed by atoms with Crippen molar-refractivity contribution in [3.05, 3.63) is 0 Å². The molecule has 0 aliphatic carbocycles. The molecule has 126 valence electrons. The Morgan fingerprint density at radius 3 is 2.48 bits per heavy atom. The van der Waals surface area contributed by atoms with Gasteiger partial charge in [-0.25, -0.2) is 12.7 Å². The van der Waals surface area contributed by atoms with Crippen LogP contribution >= 0.6 is 0 Å². The largest absolute Gasteiger partial charge is 0.328 e. The zero-order chi connectivity index (χ0) is 16.3. The Bertz CT molecular complexity index is 414. The molecule has 1 rings (SSSR count). The van der Waals surface area contributed by atoms with Crippen molar-refractivity contribution in [2.75, 3.05) is 19.3 Å². The standard InChI is InChI=1S/C16H34N2O2S/c1-13(11-16(2,3)4)9-15(17)10-14-7-6-8-18(12-14)21(5,19)20/h13-15H,6-12,17H2,1-5H3. The summed E-state index contributed by atoms with van der Waals surface area (Å²) in [6, 6.07) is 0.187. The van der Waals surface area contributed by atoms with Crippen molar-refractivity contribution in [1.29, 1.82) is 0 Å². The van der Waals surface area contributed by atoms with Gasteiger partial charge in [0.05, 0.1) is 6.26 Å². The lowest BCUT2D eigenvalue weighted by atomic mass is 9.81. The van der Waals surface area contributed by atoms with E-state index in [4.69, 9.17) is 5.73 Å². The highest BCUT2D eigenvalue weighted by molar-refractivity contribution is 7.88. The summed E-state index contributed by atoms with van der Waals surface area (Å²) in [4.78, 5) is 0. The van der Waals surface area contributed by atoms with E-state index < -0.39 is 10.0 Å². The average molecular weight is 319 g/mol. The van der Waals surface area contributed by atoms with Crippen LogP contribution in [0.2, 0.25) is 0 Å². The summed E-state index contributed by atoms with van der Waals surface area (Å²) in [6.07, 6.45) is 6.53. The first kappa shape index (κ1) is 18.9. The van der Waals surface area contributed by atoms with Crippen LogP contribution in [0.3, 0.4) is 0 Å². The number of piperidine rings is 1. The highest BCUT2D eigenvalue weighted by Crippen LogP contribution is 2.29. The number of nitrogens with zero attached hydrogens (tertiary/aromatic N) is 1. The van der Waals surface area contributed by atoms with Gasteiger partial charge < -0.3 is 5.73 Å². The van der Waals surface area contributed by atoms with Crippen molar-refractivity contribution in [3.8, 4) is 0 Å². The molecule has 4 nitrogen and oxygen atoms in total. The van der Waals surface area contributed by atoms with Gasteiger partial charge in [0.1, 0.15) is 0 Å². The van der Waals surface area contributed by atoms with Crippen LogP contribution in [0, 0.1) is 17.3 Å². The minimum atomic E-state index is -3.05. The summed E-state index contributed by atoms with van der Waals surface area (Å²) < 4.78 is 24.9. The monoisotopic (exact) mass is 318 g/mol. The van der Waals surface area contributed by atoms with E-state index in [1.54, 1.807) is 4.31 Å². The van der Waals surface area contributed by atoms with Crippen molar-refractivity contribution >= 4 is 10.0 Å². The van der Waals surface area contributed by atoms with Gasteiger partial charge >= 0.3 is 0 Å². The van der Waals surface area contributed by atoms with Crippen molar-refractivity contribution < 1.29 is 8.42 Å². The third-order valence-electron chi connectivity index (χ3n) is 4.25. The third kappa shape index (κ3) is 7.61. The third-order valence-corrected chi connectivity index (χ3v) is 5.52. The first-order chi connectivity index (χ1) is 9.47. The number of hydrogen-bond acceptors (Lipinski definition) is 3. The number of rotatable bonds is 6.